The number of amides is 1. The Kier molecular flexibility index (Phi) is 7.85. The lowest BCUT2D eigenvalue weighted by Gasteiger charge is -2.34. The van der Waals surface area contributed by atoms with Crippen LogP contribution in [-0.4, -0.2) is 31.7 Å². The van der Waals surface area contributed by atoms with Crippen molar-refractivity contribution in [3.8, 4) is 17.2 Å². The summed E-state index contributed by atoms with van der Waals surface area (Å²) >= 11 is 6.17. The van der Waals surface area contributed by atoms with Crippen molar-refractivity contribution in [1.29, 1.82) is 0 Å². The molecule has 36 heavy (non-hydrogen) atoms. The Morgan fingerprint density at radius 1 is 1.11 bits per heavy atom. The predicted octanol–water partition coefficient (Wildman–Crippen LogP) is 4.45. The molecule has 0 spiro atoms. The number of ether oxygens (including phenoxy) is 3. The third-order valence-corrected chi connectivity index (χ3v) is 6.09. The summed E-state index contributed by atoms with van der Waals surface area (Å²) in [6.45, 7) is 2.57. The van der Waals surface area contributed by atoms with Gasteiger partial charge in [0, 0.05) is 17.5 Å². The summed E-state index contributed by atoms with van der Waals surface area (Å²) in [5.74, 6) is 1.83. The maximum atomic E-state index is 13.5. The van der Waals surface area contributed by atoms with Crippen molar-refractivity contribution in [3.05, 3.63) is 82.9 Å². The van der Waals surface area contributed by atoms with Crippen LogP contribution in [0.5, 0.6) is 17.2 Å². The number of anilines is 1. The first-order chi connectivity index (χ1) is 17.3. The molecule has 8 nitrogen and oxygen atoms in total. The minimum Gasteiger partial charge on any atom is -0.497 e. The van der Waals surface area contributed by atoms with Crippen LogP contribution in [0.15, 0.2) is 71.7 Å². The highest BCUT2D eigenvalue weighted by molar-refractivity contribution is 6.30. The van der Waals surface area contributed by atoms with Crippen LogP contribution in [0.1, 0.15) is 30.5 Å². The predicted molar refractivity (Wildman–Crippen MR) is 141 cm³/mol. The number of carbonyl (C=O) groups excluding carboxylic acids is 1. The number of methoxy groups -OCH3 is 1. The van der Waals surface area contributed by atoms with Gasteiger partial charge in [0.25, 0.3) is 5.91 Å². The van der Waals surface area contributed by atoms with E-state index >= 15 is 0 Å². The monoisotopic (exact) mass is 508 g/mol. The molecule has 4 N–H and O–H groups in total. The lowest BCUT2D eigenvalue weighted by atomic mass is 10.1. The lowest BCUT2D eigenvalue weighted by molar-refractivity contribution is -0.127. The average molecular weight is 509 g/mol. The molecule has 9 heteroatoms. The van der Waals surface area contributed by atoms with E-state index in [0.717, 1.165) is 11.1 Å². The number of halogens is 1. The van der Waals surface area contributed by atoms with E-state index in [0.29, 0.717) is 47.5 Å². The second-order valence-electron chi connectivity index (χ2n) is 8.43. The van der Waals surface area contributed by atoms with Crippen LogP contribution in [0, 0.1) is 0 Å². The molecule has 1 aliphatic heterocycles. The molecule has 2 unspecified atom stereocenters. The molecule has 0 saturated heterocycles. The third kappa shape index (κ3) is 6.01. The second-order valence-corrected chi connectivity index (χ2v) is 8.87. The van der Waals surface area contributed by atoms with Crippen LogP contribution < -0.4 is 30.6 Å². The second kappa shape index (κ2) is 11.2. The standard InChI is InChI=1S/C27H29ClN4O4/c1-17(31-27(29)30)19-6-8-21(9-7-19)35-13-12-25-26(33)32(16-18-4-3-5-20(28)14-18)23-15-22(34-2)10-11-24(23)36-25/h3-11,14-15,17,25H,12-13,16H2,1-2H3,(H4,29,30,31). The molecule has 0 bridgehead atoms. The molecule has 0 aromatic heterocycles. The molecule has 0 aliphatic carbocycles. The summed E-state index contributed by atoms with van der Waals surface area (Å²) in [6.07, 6.45) is -0.311. The molecule has 0 saturated carbocycles. The highest BCUT2D eigenvalue weighted by atomic mass is 35.5. The fourth-order valence-electron chi connectivity index (χ4n) is 4.02. The molecular formula is C27H29ClN4O4. The van der Waals surface area contributed by atoms with Crippen molar-refractivity contribution in [2.45, 2.75) is 32.0 Å². The van der Waals surface area contributed by atoms with Crippen LogP contribution in [0.2, 0.25) is 5.02 Å². The Morgan fingerprint density at radius 3 is 2.56 bits per heavy atom. The van der Waals surface area contributed by atoms with E-state index in [1.807, 2.05) is 61.5 Å². The number of hydrogen-bond acceptors (Lipinski definition) is 5. The van der Waals surface area contributed by atoms with E-state index in [9.17, 15) is 4.79 Å². The Labute approximate surface area is 215 Å². The van der Waals surface area contributed by atoms with Crippen molar-refractivity contribution < 1.29 is 19.0 Å². The third-order valence-electron chi connectivity index (χ3n) is 5.85. The Morgan fingerprint density at radius 2 is 1.86 bits per heavy atom. The SMILES string of the molecule is COc1ccc2c(c1)N(Cc1cccc(Cl)c1)C(=O)C(CCOc1ccc(C(C)N=C(N)N)cc1)O2. The van der Waals surface area contributed by atoms with E-state index in [1.165, 1.54) is 0 Å². The first-order valence-electron chi connectivity index (χ1n) is 11.6. The molecule has 4 rings (SSSR count). The summed E-state index contributed by atoms with van der Waals surface area (Å²) in [5, 5.41) is 0.614. The maximum Gasteiger partial charge on any atom is 0.268 e. The zero-order valence-corrected chi connectivity index (χ0v) is 20.9. The Balaban J connectivity index is 1.45. The molecule has 0 radical (unpaired) electrons. The fraction of sp³-hybridized carbons (Fsp3) is 0.259. The van der Waals surface area contributed by atoms with E-state index in [-0.39, 0.29) is 17.9 Å². The van der Waals surface area contributed by atoms with Gasteiger partial charge in [-0.05, 0) is 54.4 Å². The van der Waals surface area contributed by atoms with E-state index in [2.05, 4.69) is 4.99 Å². The number of nitrogens with zero attached hydrogens (tertiary/aromatic N) is 2. The molecule has 3 aromatic carbocycles. The van der Waals surface area contributed by atoms with Crippen molar-refractivity contribution in [1.82, 2.24) is 0 Å². The van der Waals surface area contributed by atoms with Gasteiger partial charge < -0.3 is 30.6 Å². The van der Waals surface area contributed by atoms with E-state index in [1.54, 1.807) is 24.1 Å². The van der Waals surface area contributed by atoms with Crippen molar-refractivity contribution in [2.75, 3.05) is 18.6 Å². The molecule has 0 fully saturated rings. The molecule has 1 amide bonds. The number of benzene rings is 3. The molecule has 188 valence electrons. The quantitative estimate of drug-likeness (QED) is 0.326. The topological polar surface area (TPSA) is 112 Å². The lowest BCUT2D eigenvalue weighted by Crippen LogP contribution is -2.46. The van der Waals surface area contributed by atoms with Gasteiger partial charge in [-0.25, -0.2) is 4.99 Å². The first-order valence-corrected chi connectivity index (χ1v) is 11.9. The summed E-state index contributed by atoms with van der Waals surface area (Å²) in [4.78, 5) is 19.3. The van der Waals surface area contributed by atoms with Gasteiger partial charge in [0.15, 0.2) is 12.1 Å². The fourth-order valence-corrected chi connectivity index (χ4v) is 4.23. The zero-order chi connectivity index (χ0) is 25.7. The van der Waals surface area contributed by atoms with Crippen LogP contribution in [-0.2, 0) is 11.3 Å². The van der Waals surface area contributed by atoms with Crippen molar-refractivity contribution >= 4 is 29.2 Å². The van der Waals surface area contributed by atoms with Crippen LogP contribution >= 0.6 is 11.6 Å². The molecule has 1 heterocycles. The van der Waals surface area contributed by atoms with E-state index < -0.39 is 6.10 Å². The summed E-state index contributed by atoms with van der Waals surface area (Å²) in [7, 11) is 1.59. The molecule has 3 aromatic rings. The normalized spacial score (nSPS) is 15.5. The Bertz CT molecular complexity index is 1240. The number of carbonyl (C=O) groups is 1. The number of rotatable bonds is 9. The van der Waals surface area contributed by atoms with Crippen LogP contribution in [0.25, 0.3) is 0 Å². The number of guanidine groups is 1. The smallest absolute Gasteiger partial charge is 0.268 e. The number of fused-ring (bicyclic) bond motifs is 1. The number of hydrogen-bond donors (Lipinski definition) is 2. The van der Waals surface area contributed by atoms with Gasteiger partial charge in [0.2, 0.25) is 0 Å². The highest BCUT2D eigenvalue weighted by Crippen LogP contribution is 2.38. The van der Waals surface area contributed by atoms with Gasteiger partial charge in [-0.1, -0.05) is 35.9 Å². The first kappa shape index (κ1) is 25.2. The van der Waals surface area contributed by atoms with E-state index in [4.69, 9.17) is 37.3 Å². The molecular weight excluding hydrogens is 480 g/mol. The maximum absolute atomic E-state index is 13.5. The minimum atomic E-state index is -0.689. The zero-order valence-electron chi connectivity index (χ0n) is 20.2. The highest BCUT2D eigenvalue weighted by Gasteiger charge is 2.34. The van der Waals surface area contributed by atoms with Crippen molar-refractivity contribution in [3.63, 3.8) is 0 Å². The van der Waals surface area contributed by atoms with Gasteiger partial charge in [0.1, 0.15) is 17.2 Å². The van der Waals surface area contributed by atoms with Gasteiger partial charge in [-0.15, -0.1) is 0 Å². The van der Waals surface area contributed by atoms with Crippen LogP contribution in [0.3, 0.4) is 0 Å². The number of aliphatic imine (C=N–C) groups is 1. The summed E-state index contributed by atoms with van der Waals surface area (Å²) in [6, 6.07) is 20.2. The minimum absolute atomic E-state index is 0.0457. The average Bonchev–Trinajstić information content (AvgIpc) is 2.86. The van der Waals surface area contributed by atoms with Gasteiger partial charge >= 0.3 is 0 Å². The van der Waals surface area contributed by atoms with Crippen molar-refractivity contribution in [2.24, 2.45) is 16.5 Å². The largest absolute Gasteiger partial charge is 0.497 e. The van der Waals surface area contributed by atoms with Crippen LogP contribution in [0.4, 0.5) is 5.69 Å². The summed E-state index contributed by atoms with van der Waals surface area (Å²) < 4.78 is 17.3. The number of nitrogens with two attached hydrogens (primary N) is 2. The van der Waals surface area contributed by atoms with Gasteiger partial charge in [0.05, 0.1) is 32.0 Å². The van der Waals surface area contributed by atoms with Gasteiger partial charge in [-0.3, -0.25) is 4.79 Å². The van der Waals surface area contributed by atoms with Gasteiger partial charge in [-0.2, -0.15) is 0 Å². The molecule has 1 aliphatic rings. The molecule has 2 atom stereocenters. The summed E-state index contributed by atoms with van der Waals surface area (Å²) in [5.41, 5.74) is 13.5. The Hall–Kier alpha value is -3.91.